The average Bonchev–Trinajstić information content (AvgIpc) is 3.07. The highest BCUT2D eigenvalue weighted by atomic mass is 32.2. The normalized spacial score (nSPS) is 16.6. The summed E-state index contributed by atoms with van der Waals surface area (Å²) < 4.78 is 53.0. The van der Waals surface area contributed by atoms with Gasteiger partial charge in [0.25, 0.3) is 0 Å². The van der Waals surface area contributed by atoms with Crippen LogP contribution in [0.4, 0.5) is 0 Å². The van der Waals surface area contributed by atoms with E-state index in [1.54, 1.807) is 13.8 Å². The zero-order valence-electron chi connectivity index (χ0n) is 14.1. The summed E-state index contributed by atoms with van der Waals surface area (Å²) in [6, 6.07) is 5.46. The molecule has 1 heterocycles. The number of hydrogen-bond donors (Lipinski definition) is 0. The summed E-state index contributed by atoms with van der Waals surface area (Å²) in [6.45, 7) is 8.88. The smallest absolute Gasteiger partial charge is 0.207 e. The molecule has 0 bridgehead atoms. The Morgan fingerprint density at radius 2 is 1.58 bits per heavy atom. The van der Waals surface area contributed by atoms with Crippen LogP contribution in [0.25, 0.3) is 0 Å². The quantitative estimate of drug-likeness (QED) is 0.687. The van der Waals surface area contributed by atoms with Gasteiger partial charge in [-0.2, -0.15) is 8.61 Å². The first-order valence-electron chi connectivity index (χ1n) is 7.94. The van der Waals surface area contributed by atoms with Crippen molar-refractivity contribution in [1.82, 2.24) is 8.61 Å². The molecule has 1 aromatic rings. The summed E-state index contributed by atoms with van der Waals surface area (Å²) in [7, 11) is -7.20. The van der Waals surface area contributed by atoms with E-state index >= 15 is 0 Å². The van der Waals surface area contributed by atoms with E-state index in [9.17, 15) is 16.8 Å². The van der Waals surface area contributed by atoms with Gasteiger partial charge in [-0.05, 0) is 44.0 Å². The monoisotopic (exact) mass is 372 g/mol. The molecule has 0 saturated carbocycles. The molecule has 1 aromatic carbocycles. The maximum atomic E-state index is 12.6. The minimum absolute atomic E-state index is 0.0889. The molecule has 0 radical (unpaired) electrons. The molecule has 6 nitrogen and oxygen atoms in total. The fourth-order valence-corrected chi connectivity index (χ4v) is 5.70. The topological polar surface area (TPSA) is 74.8 Å². The second-order valence-electron chi connectivity index (χ2n) is 5.97. The van der Waals surface area contributed by atoms with Gasteiger partial charge in [-0.15, -0.1) is 0 Å². The van der Waals surface area contributed by atoms with Crippen LogP contribution in [0.1, 0.15) is 26.7 Å². The van der Waals surface area contributed by atoms with Crippen LogP contribution in [-0.4, -0.2) is 51.6 Å². The van der Waals surface area contributed by atoms with Crippen molar-refractivity contribution in [1.29, 1.82) is 0 Å². The van der Waals surface area contributed by atoms with Gasteiger partial charge in [0, 0.05) is 26.2 Å². The van der Waals surface area contributed by atoms with Crippen molar-refractivity contribution in [2.24, 2.45) is 0 Å². The van der Waals surface area contributed by atoms with Crippen molar-refractivity contribution in [3.8, 4) is 0 Å². The maximum Gasteiger partial charge on any atom is 0.243 e. The third kappa shape index (κ3) is 3.88. The minimum atomic E-state index is -3.66. The molecular formula is C16H24N2O4S2. The Kier molecular flexibility index (Phi) is 5.85. The van der Waals surface area contributed by atoms with Gasteiger partial charge in [0.2, 0.25) is 20.0 Å². The van der Waals surface area contributed by atoms with E-state index in [4.69, 9.17) is 0 Å². The van der Waals surface area contributed by atoms with Gasteiger partial charge in [-0.25, -0.2) is 16.8 Å². The van der Waals surface area contributed by atoms with Crippen LogP contribution in [0.2, 0.25) is 0 Å². The van der Waals surface area contributed by atoms with Crippen LogP contribution in [0.3, 0.4) is 0 Å². The summed E-state index contributed by atoms with van der Waals surface area (Å²) in [5, 5.41) is 0. The zero-order valence-corrected chi connectivity index (χ0v) is 15.7. The maximum absolute atomic E-state index is 12.6. The van der Waals surface area contributed by atoms with E-state index in [0.29, 0.717) is 19.6 Å². The highest BCUT2D eigenvalue weighted by Crippen LogP contribution is 2.23. The lowest BCUT2D eigenvalue weighted by Gasteiger charge is -2.21. The Balaban J connectivity index is 2.29. The third-order valence-electron chi connectivity index (χ3n) is 3.96. The van der Waals surface area contributed by atoms with Gasteiger partial charge < -0.3 is 0 Å². The van der Waals surface area contributed by atoms with Crippen molar-refractivity contribution in [3.63, 3.8) is 0 Å². The predicted molar refractivity (Wildman–Crippen MR) is 93.7 cm³/mol. The van der Waals surface area contributed by atoms with Crippen molar-refractivity contribution < 1.29 is 16.8 Å². The van der Waals surface area contributed by atoms with Crippen molar-refractivity contribution in [2.75, 3.05) is 26.2 Å². The molecule has 0 amide bonds. The van der Waals surface area contributed by atoms with Crippen molar-refractivity contribution >= 4 is 20.0 Å². The molecule has 8 heteroatoms. The summed E-state index contributed by atoms with van der Waals surface area (Å²) in [5.41, 5.74) is 0.744. The first-order chi connectivity index (χ1) is 11.2. The van der Waals surface area contributed by atoms with Crippen LogP contribution in [0, 0.1) is 0 Å². The molecule has 0 aromatic heterocycles. The summed E-state index contributed by atoms with van der Waals surface area (Å²) in [4.78, 5) is 0.220. The molecule has 0 spiro atoms. The largest absolute Gasteiger partial charge is 0.243 e. The van der Waals surface area contributed by atoms with Gasteiger partial charge in [0.15, 0.2) is 0 Å². The molecule has 1 saturated heterocycles. The van der Waals surface area contributed by atoms with E-state index in [0.717, 1.165) is 18.4 Å². The molecule has 1 aliphatic rings. The standard InChI is InChI=1S/C16H24N2O4S2/c1-4-17(13-14(2)3)23(19,20)15-7-9-16(10-8-15)24(21,22)18-11-5-6-12-18/h7-10H,2,4-6,11-13H2,1,3H3. The second-order valence-corrected chi connectivity index (χ2v) is 9.85. The van der Waals surface area contributed by atoms with Crippen LogP contribution in [0.15, 0.2) is 46.2 Å². The van der Waals surface area contributed by atoms with Gasteiger partial charge in [-0.1, -0.05) is 19.1 Å². The summed E-state index contributed by atoms with van der Waals surface area (Å²) >= 11 is 0. The number of likely N-dealkylation sites (N-methyl/N-ethyl adjacent to an activating group) is 1. The van der Waals surface area contributed by atoms with Gasteiger partial charge in [0.1, 0.15) is 0 Å². The Hall–Kier alpha value is -1.22. The fourth-order valence-electron chi connectivity index (χ4n) is 2.68. The van der Waals surface area contributed by atoms with E-state index in [-0.39, 0.29) is 16.3 Å². The van der Waals surface area contributed by atoms with E-state index < -0.39 is 20.0 Å². The van der Waals surface area contributed by atoms with Crippen LogP contribution < -0.4 is 0 Å². The molecule has 1 fully saturated rings. The van der Waals surface area contributed by atoms with Crippen molar-refractivity contribution in [3.05, 3.63) is 36.4 Å². The predicted octanol–water partition coefficient (Wildman–Crippen LogP) is 2.06. The number of rotatable bonds is 7. The summed E-state index contributed by atoms with van der Waals surface area (Å²) in [6.07, 6.45) is 1.72. The van der Waals surface area contributed by atoms with Gasteiger partial charge in [0.05, 0.1) is 9.79 Å². The summed E-state index contributed by atoms with van der Waals surface area (Å²) in [5.74, 6) is 0. The van der Waals surface area contributed by atoms with Crippen LogP contribution in [0.5, 0.6) is 0 Å². The van der Waals surface area contributed by atoms with Gasteiger partial charge >= 0.3 is 0 Å². The Morgan fingerprint density at radius 1 is 1.08 bits per heavy atom. The van der Waals surface area contributed by atoms with E-state index in [2.05, 4.69) is 6.58 Å². The van der Waals surface area contributed by atoms with Crippen LogP contribution >= 0.6 is 0 Å². The lowest BCUT2D eigenvalue weighted by molar-refractivity contribution is 0.452. The molecular weight excluding hydrogens is 348 g/mol. The molecule has 0 N–H and O–H groups in total. The number of hydrogen-bond acceptors (Lipinski definition) is 4. The van der Waals surface area contributed by atoms with Gasteiger partial charge in [-0.3, -0.25) is 0 Å². The van der Waals surface area contributed by atoms with E-state index in [1.807, 2.05) is 0 Å². The Labute approximate surface area is 144 Å². The SMILES string of the molecule is C=C(C)CN(CC)S(=O)(=O)c1ccc(S(=O)(=O)N2CCCC2)cc1. The molecule has 134 valence electrons. The first-order valence-corrected chi connectivity index (χ1v) is 10.8. The first kappa shape index (κ1) is 19.1. The second kappa shape index (κ2) is 7.35. The number of sulfonamides is 2. The lowest BCUT2D eigenvalue weighted by Crippen LogP contribution is -2.32. The number of benzene rings is 1. The molecule has 0 aliphatic carbocycles. The lowest BCUT2D eigenvalue weighted by atomic mass is 10.3. The molecule has 0 atom stereocenters. The fraction of sp³-hybridized carbons (Fsp3) is 0.500. The minimum Gasteiger partial charge on any atom is -0.207 e. The molecule has 2 rings (SSSR count). The Morgan fingerprint density at radius 3 is 2.04 bits per heavy atom. The highest BCUT2D eigenvalue weighted by Gasteiger charge is 2.28. The van der Waals surface area contributed by atoms with Crippen LogP contribution in [-0.2, 0) is 20.0 Å². The number of nitrogens with zero attached hydrogens (tertiary/aromatic N) is 2. The van der Waals surface area contributed by atoms with E-state index in [1.165, 1.54) is 32.9 Å². The molecule has 1 aliphatic heterocycles. The third-order valence-corrected chi connectivity index (χ3v) is 7.81. The Bertz CT molecular complexity index is 793. The molecule has 24 heavy (non-hydrogen) atoms. The average molecular weight is 373 g/mol. The highest BCUT2D eigenvalue weighted by molar-refractivity contribution is 7.89. The molecule has 0 unspecified atom stereocenters. The zero-order chi connectivity index (χ0) is 18.0. The van der Waals surface area contributed by atoms with Crippen molar-refractivity contribution in [2.45, 2.75) is 36.5 Å².